The van der Waals surface area contributed by atoms with Crippen LogP contribution in [0.15, 0.2) is 23.4 Å². The molecule has 18 heavy (non-hydrogen) atoms. The molecule has 0 fully saturated rings. The van der Waals surface area contributed by atoms with Gasteiger partial charge in [-0.1, -0.05) is 31.7 Å². The van der Waals surface area contributed by atoms with Crippen molar-refractivity contribution in [2.45, 2.75) is 31.2 Å². The van der Waals surface area contributed by atoms with E-state index in [9.17, 15) is 4.79 Å². The fourth-order valence-corrected chi connectivity index (χ4v) is 2.63. The number of fused-ring (bicyclic) bond motifs is 1. The minimum absolute atomic E-state index is 0.0239. The molecule has 0 saturated heterocycles. The summed E-state index contributed by atoms with van der Waals surface area (Å²) in [5, 5.41) is 9.71. The van der Waals surface area contributed by atoms with Gasteiger partial charge in [-0.3, -0.25) is 4.79 Å². The maximum absolute atomic E-state index is 10.9. The third kappa shape index (κ3) is 2.67. The minimum atomic E-state index is -0.776. The Morgan fingerprint density at radius 1 is 1.44 bits per heavy atom. The van der Waals surface area contributed by atoms with Crippen LogP contribution in [-0.4, -0.2) is 26.3 Å². The summed E-state index contributed by atoms with van der Waals surface area (Å²) in [6, 6.07) is 6.02. The SMILES string of the molecule is Cc1ccc2nc(SC(C)C(C)C(=O)O)[nH]c2c1. The lowest BCUT2D eigenvalue weighted by Gasteiger charge is -2.13. The highest BCUT2D eigenvalue weighted by Crippen LogP contribution is 2.27. The third-order valence-corrected chi connectivity index (χ3v) is 4.20. The zero-order chi connectivity index (χ0) is 13.3. The number of aromatic nitrogens is 2. The molecule has 0 aliphatic heterocycles. The van der Waals surface area contributed by atoms with Crippen LogP contribution in [0.1, 0.15) is 19.4 Å². The number of imidazole rings is 1. The van der Waals surface area contributed by atoms with Crippen LogP contribution in [0.25, 0.3) is 11.0 Å². The number of carboxylic acids is 1. The monoisotopic (exact) mass is 264 g/mol. The van der Waals surface area contributed by atoms with E-state index < -0.39 is 11.9 Å². The molecule has 2 atom stereocenters. The van der Waals surface area contributed by atoms with E-state index in [1.54, 1.807) is 6.92 Å². The molecule has 1 heterocycles. The van der Waals surface area contributed by atoms with Crippen LogP contribution < -0.4 is 0 Å². The number of H-pyrrole nitrogens is 1. The molecule has 0 aliphatic carbocycles. The van der Waals surface area contributed by atoms with Crippen LogP contribution in [0.5, 0.6) is 0 Å². The highest BCUT2D eigenvalue weighted by atomic mass is 32.2. The lowest BCUT2D eigenvalue weighted by atomic mass is 10.1. The van der Waals surface area contributed by atoms with E-state index >= 15 is 0 Å². The standard InChI is InChI=1S/C13H16N2O2S/c1-7-4-5-10-11(6-7)15-13(14-10)18-9(3)8(2)12(16)17/h4-6,8-9H,1-3H3,(H,14,15)(H,16,17). The van der Waals surface area contributed by atoms with E-state index in [1.165, 1.54) is 17.3 Å². The summed E-state index contributed by atoms with van der Waals surface area (Å²) < 4.78 is 0. The van der Waals surface area contributed by atoms with Crippen molar-refractivity contribution in [2.75, 3.05) is 0 Å². The van der Waals surface area contributed by atoms with Gasteiger partial charge in [0.2, 0.25) is 0 Å². The number of carbonyl (C=O) groups is 1. The molecule has 2 rings (SSSR count). The number of aryl methyl sites for hydroxylation is 1. The van der Waals surface area contributed by atoms with Crippen LogP contribution in [-0.2, 0) is 4.79 Å². The number of rotatable bonds is 4. The maximum Gasteiger partial charge on any atom is 0.307 e. The molecule has 2 unspecified atom stereocenters. The second kappa shape index (κ2) is 5.02. The molecule has 0 radical (unpaired) electrons. The van der Waals surface area contributed by atoms with Gasteiger partial charge in [0.15, 0.2) is 5.16 Å². The smallest absolute Gasteiger partial charge is 0.307 e. The molecule has 2 aromatic rings. The van der Waals surface area contributed by atoms with Gasteiger partial charge in [0, 0.05) is 5.25 Å². The van der Waals surface area contributed by atoms with Crippen molar-refractivity contribution in [3.63, 3.8) is 0 Å². The predicted molar refractivity (Wildman–Crippen MR) is 72.9 cm³/mol. The van der Waals surface area contributed by atoms with Gasteiger partial charge in [-0.15, -0.1) is 0 Å². The number of carboxylic acid groups (broad SMARTS) is 1. The van der Waals surface area contributed by atoms with Crippen LogP contribution in [0, 0.1) is 12.8 Å². The first-order valence-electron chi connectivity index (χ1n) is 5.83. The van der Waals surface area contributed by atoms with E-state index in [2.05, 4.69) is 9.97 Å². The molecule has 0 saturated carbocycles. The molecular weight excluding hydrogens is 248 g/mol. The lowest BCUT2D eigenvalue weighted by Crippen LogP contribution is -2.20. The van der Waals surface area contributed by atoms with Crippen LogP contribution in [0.3, 0.4) is 0 Å². The zero-order valence-electron chi connectivity index (χ0n) is 10.6. The number of nitrogens with one attached hydrogen (secondary N) is 1. The zero-order valence-corrected chi connectivity index (χ0v) is 11.4. The van der Waals surface area contributed by atoms with Crippen LogP contribution >= 0.6 is 11.8 Å². The number of aliphatic carboxylic acids is 1. The molecular formula is C13H16N2O2S. The Morgan fingerprint density at radius 3 is 2.83 bits per heavy atom. The number of hydrogen-bond acceptors (Lipinski definition) is 3. The number of nitrogens with zero attached hydrogens (tertiary/aromatic N) is 1. The van der Waals surface area contributed by atoms with Gasteiger partial charge in [-0.05, 0) is 24.6 Å². The van der Waals surface area contributed by atoms with Crippen molar-refractivity contribution in [1.82, 2.24) is 9.97 Å². The second-order valence-corrected chi connectivity index (χ2v) is 5.88. The second-order valence-electron chi connectivity index (χ2n) is 4.51. The molecule has 5 heteroatoms. The molecule has 1 aromatic heterocycles. The summed E-state index contributed by atoms with van der Waals surface area (Å²) in [7, 11) is 0. The van der Waals surface area contributed by atoms with Crippen molar-refractivity contribution in [3.05, 3.63) is 23.8 Å². The summed E-state index contributed by atoms with van der Waals surface area (Å²) in [6.07, 6.45) is 0. The predicted octanol–water partition coefficient (Wildman–Crippen LogP) is 3.07. The summed E-state index contributed by atoms with van der Waals surface area (Å²) in [6.45, 7) is 5.65. The molecule has 0 spiro atoms. The Morgan fingerprint density at radius 2 is 2.17 bits per heavy atom. The number of thioether (sulfide) groups is 1. The molecule has 0 aliphatic rings. The lowest BCUT2D eigenvalue weighted by molar-refractivity contribution is -0.140. The number of benzene rings is 1. The van der Waals surface area contributed by atoms with Crippen molar-refractivity contribution in [3.8, 4) is 0 Å². The van der Waals surface area contributed by atoms with Gasteiger partial charge in [0.1, 0.15) is 0 Å². The van der Waals surface area contributed by atoms with Gasteiger partial charge in [-0.25, -0.2) is 4.98 Å². The first-order valence-corrected chi connectivity index (χ1v) is 6.71. The van der Waals surface area contributed by atoms with Crippen LogP contribution in [0.2, 0.25) is 0 Å². The topological polar surface area (TPSA) is 66.0 Å². The highest BCUT2D eigenvalue weighted by Gasteiger charge is 2.21. The minimum Gasteiger partial charge on any atom is -0.481 e. The van der Waals surface area contributed by atoms with Gasteiger partial charge in [-0.2, -0.15) is 0 Å². The fraction of sp³-hybridized carbons (Fsp3) is 0.385. The maximum atomic E-state index is 10.9. The summed E-state index contributed by atoms with van der Waals surface area (Å²) in [4.78, 5) is 18.6. The molecule has 4 nitrogen and oxygen atoms in total. The number of aromatic amines is 1. The largest absolute Gasteiger partial charge is 0.481 e. The summed E-state index contributed by atoms with van der Waals surface area (Å²) >= 11 is 1.46. The van der Waals surface area contributed by atoms with Crippen molar-refractivity contribution >= 4 is 28.8 Å². The Balaban J connectivity index is 2.19. The average Bonchev–Trinajstić information content (AvgIpc) is 2.68. The highest BCUT2D eigenvalue weighted by molar-refractivity contribution is 7.99. The van der Waals surface area contributed by atoms with E-state index in [4.69, 9.17) is 5.11 Å². The Bertz CT molecular complexity index is 579. The first kappa shape index (κ1) is 13.0. The van der Waals surface area contributed by atoms with E-state index in [0.29, 0.717) is 0 Å². The van der Waals surface area contributed by atoms with Gasteiger partial charge in [0.05, 0.1) is 17.0 Å². The van der Waals surface area contributed by atoms with E-state index in [1.807, 2.05) is 32.0 Å². The Kier molecular flexibility index (Phi) is 3.61. The molecule has 1 aromatic carbocycles. The summed E-state index contributed by atoms with van der Waals surface area (Å²) in [5.41, 5.74) is 3.08. The van der Waals surface area contributed by atoms with Crippen LogP contribution in [0.4, 0.5) is 0 Å². The fourth-order valence-electron chi connectivity index (χ4n) is 1.63. The van der Waals surface area contributed by atoms with E-state index in [0.717, 1.165) is 16.2 Å². The van der Waals surface area contributed by atoms with Gasteiger partial charge in [0.25, 0.3) is 0 Å². The molecule has 96 valence electrons. The Labute approximate surface area is 110 Å². The molecule has 0 bridgehead atoms. The van der Waals surface area contributed by atoms with Crippen molar-refractivity contribution in [1.29, 1.82) is 0 Å². The van der Waals surface area contributed by atoms with Gasteiger partial charge >= 0.3 is 5.97 Å². The van der Waals surface area contributed by atoms with Gasteiger partial charge < -0.3 is 10.1 Å². The Hall–Kier alpha value is -1.49. The van der Waals surface area contributed by atoms with Crippen molar-refractivity contribution < 1.29 is 9.90 Å². The molecule has 2 N–H and O–H groups in total. The normalized spacial score (nSPS) is 14.6. The summed E-state index contributed by atoms with van der Waals surface area (Å²) in [5.74, 6) is -1.17. The third-order valence-electron chi connectivity index (χ3n) is 3.01. The van der Waals surface area contributed by atoms with Crippen molar-refractivity contribution in [2.24, 2.45) is 5.92 Å². The average molecular weight is 264 g/mol. The number of hydrogen-bond donors (Lipinski definition) is 2. The quantitative estimate of drug-likeness (QED) is 0.833. The first-order chi connectivity index (χ1) is 8.47. The van der Waals surface area contributed by atoms with E-state index in [-0.39, 0.29) is 5.25 Å². The molecule has 0 amide bonds.